The van der Waals surface area contributed by atoms with Gasteiger partial charge in [0, 0.05) is 0 Å². The van der Waals surface area contributed by atoms with E-state index in [1.807, 2.05) is 13.0 Å². The van der Waals surface area contributed by atoms with E-state index in [9.17, 15) is 9.18 Å². The third-order valence-corrected chi connectivity index (χ3v) is 2.80. The van der Waals surface area contributed by atoms with Crippen LogP contribution >= 0.6 is 0 Å². The second kappa shape index (κ2) is 3.42. The molecule has 0 N–H and O–H groups in total. The number of benzene rings is 2. The zero-order valence-corrected chi connectivity index (χ0v) is 9.16. The quantitative estimate of drug-likeness (QED) is 0.552. The van der Waals surface area contributed by atoms with Crippen molar-refractivity contribution in [3.63, 3.8) is 0 Å². The van der Waals surface area contributed by atoms with Gasteiger partial charge in [-0.3, -0.25) is 4.79 Å². The van der Waals surface area contributed by atoms with Gasteiger partial charge in [-0.1, -0.05) is 12.1 Å². The Bertz CT molecular complexity index is 786. The summed E-state index contributed by atoms with van der Waals surface area (Å²) >= 11 is 0. The van der Waals surface area contributed by atoms with E-state index in [1.54, 1.807) is 18.2 Å². The Balaban J connectivity index is 2.62. The molecule has 0 bridgehead atoms. The molecule has 2 nitrogen and oxygen atoms in total. The Morgan fingerprint density at radius 1 is 1.12 bits per heavy atom. The lowest BCUT2D eigenvalue weighted by Crippen LogP contribution is -2.04. The van der Waals surface area contributed by atoms with Crippen molar-refractivity contribution in [2.75, 3.05) is 0 Å². The van der Waals surface area contributed by atoms with Gasteiger partial charge in [0.05, 0.1) is 5.39 Å². The van der Waals surface area contributed by atoms with Crippen LogP contribution in [-0.4, -0.2) is 0 Å². The molecule has 0 saturated heterocycles. The summed E-state index contributed by atoms with van der Waals surface area (Å²) in [5.41, 5.74) is 1.46. The molecule has 0 atom stereocenters. The molecule has 0 unspecified atom stereocenters. The molecule has 0 amide bonds. The third-order valence-electron chi connectivity index (χ3n) is 2.80. The van der Waals surface area contributed by atoms with Gasteiger partial charge in [0.1, 0.15) is 22.4 Å². The highest BCUT2D eigenvalue weighted by atomic mass is 19.1. The Morgan fingerprint density at radius 3 is 2.76 bits per heavy atom. The van der Waals surface area contributed by atoms with Gasteiger partial charge in [-0.2, -0.15) is 0 Å². The fraction of sp³-hybridized carbons (Fsp3) is 0.0714. The number of hydrogen-bond acceptors (Lipinski definition) is 2. The van der Waals surface area contributed by atoms with Crippen LogP contribution in [0.3, 0.4) is 0 Å². The second-order valence-corrected chi connectivity index (χ2v) is 4.04. The van der Waals surface area contributed by atoms with Crippen molar-refractivity contribution in [1.29, 1.82) is 0 Å². The van der Waals surface area contributed by atoms with Crippen LogP contribution in [0, 0.1) is 12.7 Å². The molecular formula is C14H9FO2. The van der Waals surface area contributed by atoms with E-state index < -0.39 is 5.82 Å². The van der Waals surface area contributed by atoms with Crippen LogP contribution in [0.4, 0.5) is 4.39 Å². The van der Waals surface area contributed by atoms with Gasteiger partial charge in [0.2, 0.25) is 5.43 Å². The first kappa shape index (κ1) is 10.0. The Hall–Kier alpha value is -2.16. The lowest BCUT2D eigenvalue weighted by atomic mass is 10.1. The third kappa shape index (κ3) is 1.43. The molecule has 0 radical (unpaired) electrons. The summed E-state index contributed by atoms with van der Waals surface area (Å²) in [5, 5.41) is 0.428. The first-order valence-electron chi connectivity index (χ1n) is 5.28. The van der Waals surface area contributed by atoms with Gasteiger partial charge >= 0.3 is 0 Å². The van der Waals surface area contributed by atoms with Crippen LogP contribution in [-0.2, 0) is 0 Å². The van der Waals surface area contributed by atoms with Crippen molar-refractivity contribution in [2.24, 2.45) is 0 Å². The van der Waals surface area contributed by atoms with E-state index in [-0.39, 0.29) is 16.4 Å². The first-order chi connectivity index (χ1) is 8.16. The summed E-state index contributed by atoms with van der Waals surface area (Å²) in [5.74, 6) is -0.543. The monoisotopic (exact) mass is 228 g/mol. The predicted octanol–water partition coefficient (Wildman–Crippen LogP) is 3.39. The minimum atomic E-state index is -0.543. The molecule has 3 aromatic rings. The fourth-order valence-electron chi connectivity index (χ4n) is 1.96. The highest BCUT2D eigenvalue weighted by Gasteiger charge is 2.10. The highest BCUT2D eigenvalue weighted by molar-refractivity contribution is 5.90. The maximum atomic E-state index is 13.6. The van der Waals surface area contributed by atoms with Crippen LogP contribution in [0.15, 0.2) is 45.6 Å². The Morgan fingerprint density at radius 2 is 1.94 bits per heavy atom. The van der Waals surface area contributed by atoms with E-state index in [0.29, 0.717) is 11.0 Å². The molecule has 3 rings (SSSR count). The zero-order valence-electron chi connectivity index (χ0n) is 9.16. The number of rotatable bonds is 0. The Labute approximate surface area is 96.3 Å². The van der Waals surface area contributed by atoms with Gasteiger partial charge in [-0.15, -0.1) is 0 Å². The van der Waals surface area contributed by atoms with Crippen molar-refractivity contribution in [2.45, 2.75) is 6.92 Å². The van der Waals surface area contributed by atoms with Gasteiger partial charge < -0.3 is 4.42 Å². The molecule has 84 valence electrons. The van der Waals surface area contributed by atoms with Crippen LogP contribution in [0.1, 0.15) is 5.56 Å². The number of hydrogen-bond donors (Lipinski definition) is 0. The minimum absolute atomic E-state index is 0.0175. The number of aryl methyl sites for hydroxylation is 1. The van der Waals surface area contributed by atoms with Crippen molar-refractivity contribution < 1.29 is 8.81 Å². The van der Waals surface area contributed by atoms with Crippen LogP contribution in [0.5, 0.6) is 0 Å². The van der Waals surface area contributed by atoms with Gasteiger partial charge in [0.25, 0.3) is 0 Å². The normalized spacial score (nSPS) is 11.2. The summed E-state index contributed by atoms with van der Waals surface area (Å²) in [6.45, 7) is 1.91. The van der Waals surface area contributed by atoms with Gasteiger partial charge in [0.15, 0.2) is 0 Å². The van der Waals surface area contributed by atoms with Gasteiger partial charge in [-0.05, 0) is 36.8 Å². The Kier molecular flexibility index (Phi) is 2.01. The molecule has 3 heteroatoms. The number of fused-ring (bicyclic) bond motifs is 2. The van der Waals surface area contributed by atoms with Crippen LogP contribution in [0.25, 0.3) is 21.9 Å². The summed E-state index contributed by atoms with van der Waals surface area (Å²) in [6, 6.07) is 9.65. The average Bonchev–Trinajstić information content (AvgIpc) is 2.28. The predicted molar refractivity (Wildman–Crippen MR) is 64.7 cm³/mol. The lowest BCUT2D eigenvalue weighted by molar-refractivity contribution is 0.625. The van der Waals surface area contributed by atoms with Crippen molar-refractivity contribution >= 4 is 21.9 Å². The van der Waals surface area contributed by atoms with Crippen molar-refractivity contribution in [1.82, 2.24) is 0 Å². The lowest BCUT2D eigenvalue weighted by Gasteiger charge is -2.02. The molecule has 1 aromatic heterocycles. The standard InChI is InChI=1S/C14H9FO2/c1-8-5-6-9-12(7-8)17-11-4-2-3-10(15)13(11)14(9)16/h2-7H,1H3. The molecule has 0 aliphatic carbocycles. The molecule has 0 saturated carbocycles. The average molecular weight is 228 g/mol. The van der Waals surface area contributed by atoms with E-state index in [0.717, 1.165) is 5.56 Å². The largest absolute Gasteiger partial charge is 0.456 e. The fourth-order valence-corrected chi connectivity index (χ4v) is 1.96. The van der Waals surface area contributed by atoms with E-state index >= 15 is 0 Å². The summed E-state index contributed by atoms with van der Waals surface area (Å²) < 4.78 is 19.1. The first-order valence-corrected chi connectivity index (χ1v) is 5.28. The molecule has 0 spiro atoms. The van der Waals surface area contributed by atoms with E-state index in [4.69, 9.17) is 4.42 Å². The van der Waals surface area contributed by atoms with Crippen molar-refractivity contribution in [3.05, 3.63) is 58.0 Å². The van der Waals surface area contributed by atoms with Crippen molar-refractivity contribution in [3.8, 4) is 0 Å². The SMILES string of the molecule is Cc1ccc2c(=O)c3c(F)cccc3oc2c1. The summed E-state index contributed by atoms with van der Waals surface area (Å²) in [7, 11) is 0. The molecular weight excluding hydrogens is 219 g/mol. The molecule has 1 heterocycles. The molecule has 17 heavy (non-hydrogen) atoms. The highest BCUT2D eigenvalue weighted by Crippen LogP contribution is 2.21. The smallest absolute Gasteiger partial charge is 0.203 e. The number of halogens is 1. The minimum Gasteiger partial charge on any atom is -0.456 e. The maximum absolute atomic E-state index is 13.6. The topological polar surface area (TPSA) is 30.2 Å². The molecule has 0 aliphatic rings. The van der Waals surface area contributed by atoms with Gasteiger partial charge in [-0.25, -0.2) is 4.39 Å². The molecule has 0 fully saturated rings. The zero-order chi connectivity index (χ0) is 12.0. The van der Waals surface area contributed by atoms with E-state index in [2.05, 4.69) is 0 Å². The van der Waals surface area contributed by atoms with Crippen LogP contribution < -0.4 is 5.43 Å². The summed E-state index contributed by atoms with van der Waals surface area (Å²) in [4.78, 5) is 12.1. The summed E-state index contributed by atoms with van der Waals surface area (Å²) in [6.07, 6.45) is 0. The molecule has 2 aromatic carbocycles. The second-order valence-electron chi connectivity index (χ2n) is 4.04. The van der Waals surface area contributed by atoms with Crippen LogP contribution in [0.2, 0.25) is 0 Å². The van der Waals surface area contributed by atoms with E-state index in [1.165, 1.54) is 12.1 Å². The maximum Gasteiger partial charge on any atom is 0.203 e. The molecule has 0 aliphatic heterocycles.